The highest BCUT2D eigenvalue weighted by atomic mass is 32.1. The van der Waals surface area contributed by atoms with Crippen molar-refractivity contribution in [2.75, 3.05) is 5.32 Å². The third kappa shape index (κ3) is 3.81. The Morgan fingerprint density at radius 3 is 2.62 bits per heavy atom. The number of fused-ring (bicyclic) bond motifs is 2. The van der Waals surface area contributed by atoms with Crippen LogP contribution in [0.25, 0.3) is 26.4 Å². The Kier molecular flexibility index (Phi) is 4.88. The summed E-state index contributed by atoms with van der Waals surface area (Å²) < 4.78 is 29.4. The SMILES string of the molecule is Cc1ccc2nc(-c3ccc(NC(=O)c4cc5nc(C6CC6)cc(C(F)F)n5n4)cc3)sc2c1. The van der Waals surface area contributed by atoms with Gasteiger partial charge in [0.05, 0.1) is 10.2 Å². The third-order valence-corrected chi connectivity index (χ3v) is 6.93. The van der Waals surface area contributed by atoms with E-state index in [0.717, 1.165) is 38.1 Å². The van der Waals surface area contributed by atoms with E-state index >= 15 is 0 Å². The first kappa shape index (κ1) is 20.9. The van der Waals surface area contributed by atoms with Gasteiger partial charge in [0.15, 0.2) is 11.3 Å². The molecule has 2 aromatic carbocycles. The zero-order valence-corrected chi connectivity index (χ0v) is 18.9. The van der Waals surface area contributed by atoms with Gasteiger partial charge in [0.25, 0.3) is 12.3 Å². The summed E-state index contributed by atoms with van der Waals surface area (Å²) in [5.74, 6) is -0.269. The average molecular weight is 476 g/mol. The summed E-state index contributed by atoms with van der Waals surface area (Å²) in [5, 5.41) is 7.78. The quantitative estimate of drug-likeness (QED) is 0.320. The largest absolute Gasteiger partial charge is 0.321 e. The molecule has 0 bridgehead atoms. The molecule has 3 aromatic heterocycles. The molecule has 5 aromatic rings. The van der Waals surface area contributed by atoms with E-state index in [-0.39, 0.29) is 23.0 Å². The molecule has 9 heteroatoms. The number of anilines is 1. The first-order valence-corrected chi connectivity index (χ1v) is 11.7. The van der Waals surface area contributed by atoms with Crippen LogP contribution in [0.5, 0.6) is 0 Å². The van der Waals surface area contributed by atoms with Crippen molar-refractivity contribution in [3.63, 3.8) is 0 Å². The van der Waals surface area contributed by atoms with Crippen molar-refractivity contribution >= 4 is 38.8 Å². The van der Waals surface area contributed by atoms with Crippen molar-refractivity contribution in [2.24, 2.45) is 0 Å². The molecule has 1 saturated carbocycles. The lowest BCUT2D eigenvalue weighted by Gasteiger charge is -2.06. The van der Waals surface area contributed by atoms with E-state index in [2.05, 4.69) is 33.4 Å². The average Bonchev–Trinajstić information content (AvgIpc) is 3.44. The second-order valence-electron chi connectivity index (χ2n) is 8.50. The number of carbonyl (C=O) groups is 1. The number of aromatic nitrogens is 4. The monoisotopic (exact) mass is 475 g/mol. The minimum Gasteiger partial charge on any atom is -0.321 e. The van der Waals surface area contributed by atoms with Gasteiger partial charge in [0.2, 0.25) is 0 Å². The molecule has 1 N–H and O–H groups in total. The number of hydrogen-bond donors (Lipinski definition) is 1. The van der Waals surface area contributed by atoms with Crippen molar-refractivity contribution in [1.82, 2.24) is 19.6 Å². The van der Waals surface area contributed by atoms with E-state index in [4.69, 9.17) is 0 Å². The maximum Gasteiger partial charge on any atom is 0.280 e. The van der Waals surface area contributed by atoms with Crippen LogP contribution in [-0.4, -0.2) is 25.5 Å². The Bertz CT molecular complexity index is 1550. The van der Waals surface area contributed by atoms with Crippen molar-refractivity contribution in [2.45, 2.75) is 32.1 Å². The highest BCUT2D eigenvalue weighted by molar-refractivity contribution is 7.21. The summed E-state index contributed by atoms with van der Waals surface area (Å²) >= 11 is 1.62. The third-order valence-electron chi connectivity index (χ3n) is 5.86. The van der Waals surface area contributed by atoms with Gasteiger partial charge in [-0.3, -0.25) is 4.79 Å². The highest BCUT2D eigenvalue weighted by Gasteiger charge is 2.28. The van der Waals surface area contributed by atoms with E-state index in [1.165, 1.54) is 17.7 Å². The van der Waals surface area contributed by atoms with Gasteiger partial charge in [0, 0.05) is 28.9 Å². The van der Waals surface area contributed by atoms with Gasteiger partial charge in [-0.15, -0.1) is 11.3 Å². The van der Waals surface area contributed by atoms with Gasteiger partial charge in [-0.25, -0.2) is 23.3 Å². The molecule has 1 aliphatic rings. The normalized spacial score (nSPS) is 13.8. The lowest BCUT2D eigenvalue weighted by atomic mass is 10.2. The molecule has 0 atom stereocenters. The Morgan fingerprint density at radius 1 is 1.09 bits per heavy atom. The van der Waals surface area contributed by atoms with E-state index in [0.29, 0.717) is 11.4 Å². The summed E-state index contributed by atoms with van der Waals surface area (Å²) in [6.07, 6.45) is -0.822. The van der Waals surface area contributed by atoms with Gasteiger partial charge >= 0.3 is 0 Å². The number of thiazole rings is 1. The Labute approximate surface area is 197 Å². The van der Waals surface area contributed by atoms with Crippen LogP contribution in [0.4, 0.5) is 14.5 Å². The van der Waals surface area contributed by atoms with Gasteiger partial charge in [-0.1, -0.05) is 6.07 Å². The number of halogens is 2. The number of hydrogen-bond acceptors (Lipinski definition) is 5. The van der Waals surface area contributed by atoms with Crippen LogP contribution in [0.3, 0.4) is 0 Å². The number of aryl methyl sites for hydroxylation is 1. The first-order valence-electron chi connectivity index (χ1n) is 10.9. The van der Waals surface area contributed by atoms with Crippen molar-refractivity contribution in [1.29, 1.82) is 0 Å². The van der Waals surface area contributed by atoms with Crippen LogP contribution >= 0.6 is 11.3 Å². The molecule has 0 spiro atoms. The zero-order chi connectivity index (χ0) is 23.4. The fraction of sp³-hybridized carbons (Fsp3) is 0.200. The summed E-state index contributed by atoms with van der Waals surface area (Å²) in [5.41, 5.74) is 4.34. The Hall–Kier alpha value is -3.72. The summed E-state index contributed by atoms with van der Waals surface area (Å²) in [4.78, 5) is 21.9. The lowest BCUT2D eigenvalue weighted by Crippen LogP contribution is -2.13. The summed E-state index contributed by atoms with van der Waals surface area (Å²) in [6.45, 7) is 2.05. The smallest absolute Gasteiger partial charge is 0.280 e. The van der Waals surface area contributed by atoms with Crippen LogP contribution < -0.4 is 5.32 Å². The predicted octanol–water partition coefficient (Wildman–Crippen LogP) is 6.38. The van der Waals surface area contributed by atoms with Gasteiger partial charge in [-0.2, -0.15) is 5.10 Å². The van der Waals surface area contributed by atoms with E-state index in [1.54, 1.807) is 23.5 Å². The number of benzene rings is 2. The molecular formula is C25H19F2N5OS. The second kappa shape index (κ2) is 7.95. The van der Waals surface area contributed by atoms with E-state index in [1.807, 2.05) is 24.3 Å². The van der Waals surface area contributed by atoms with E-state index in [9.17, 15) is 13.6 Å². The fourth-order valence-electron chi connectivity index (χ4n) is 3.92. The minimum absolute atomic E-state index is 0.0352. The number of nitrogens with one attached hydrogen (secondary N) is 1. The van der Waals surface area contributed by atoms with Crippen LogP contribution in [0.2, 0.25) is 0 Å². The van der Waals surface area contributed by atoms with Crippen LogP contribution in [0.1, 0.15) is 52.6 Å². The van der Waals surface area contributed by atoms with Crippen LogP contribution in [0, 0.1) is 6.92 Å². The van der Waals surface area contributed by atoms with Crippen LogP contribution in [0.15, 0.2) is 54.6 Å². The van der Waals surface area contributed by atoms with Gasteiger partial charge in [-0.05, 0) is 67.8 Å². The Morgan fingerprint density at radius 2 is 1.88 bits per heavy atom. The van der Waals surface area contributed by atoms with Crippen molar-refractivity contribution < 1.29 is 13.6 Å². The maximum atomic E-state index is 13.6. The first-order chi connectivity index (χ1) is 16.4. The topological polar surface area (TPSA) is 72.2 Å². The lowest BCUT2D eigenvalue weighted by molar-refractivity contribution is 0.102. The van der Waals surface area contributed by atoms with Crippen molar-refractivity contribution in [3.05, 3.63) is 77.2 Å². The number of alkyl halides is 2. The molecule has 0 unspecified atom stereocenters. The molecule has 3 heterocycles. The summed E-state index contributed by atoms with van der Waals surface area (Å²) in [7, 11) is 0. The zero-order valence-electron chi connectivity index (χ0n) is 18.1. The molecule has 0 aliphatic heterocycles. The molecule has 34 heavy (non-hydrogen) atoms. The number of amides is 1. The van der Waals surface area contributed by atoms with Crippen molar-refractivity contribution in [3.8, 4) is 10.6 Å². The Balaban J connectivity index is 1.24. The molecular weight excluding hydrogens is 456 g/mol. The number of rotatable bonds is 5. The molecule has 1 amide bonds. The molecule has 1 fully saturated rings. The standard InChI is InChI=1S/C25H19F2N5OS/c1-13-2-9-17-21(10-13)34-25(30-17)15-5-7-16(8-6-15)28-24(33)19-12-22-29-18(14-3-4-14)11-20(23(26)27)32(22)31-19/h2,5-12,14,23H,3-4H2,1H3,(H,28,33). The molecule has 0 radical (unpaired) electrons. The van der Waals surface area contributed by atoms with Gasteiger partial charge in [0.1, 0.15) is 10.7 Å². The summed E-state index contributed by atoms with van der Waals surface area (Å²) in [6, 6.07) is 16.4. The number of nitrogens with zero attached hydrogens (tertiary/aromatic N) is 4. The highest BCUT2D eigenvalue weighted by Crippen LogP contribution is 2.40. The molecule has 170 valence electrons. The molecule has 6 rings (SSSR count). The fourth-order valence-corrected chi connectivity index (χ4v) is 4.99. The van der Waals surface area contributed by atoms with Crippen LogP contribution in [-0.2, 0) is 0 Å². The predicted molar refractivity (Wildman–Crippen MR) is 128 cm³/mol. The van der Waals surface area contributed by atoms with E-state index < -0.39 is 12.3 Å². The molecule has 6 nitrogen and oxygen atoms in total. The minimum atomic E-state index is -2.71. The molecule has 0 saturated heterocycles. The maximum absolute atomic E-state index is 13.6. The second-order valence-corrected chi connectivity index (χ2v) is 9.53. The number of carbonyl (C=O) groups excluding carboxylic acids is 1. The molecule has 1 aliphatic carbocycles. The van der Waals surface area contributed by atoms with Gasteiger partial charge < -0.3 is 5.32 Å².